The minimum Gasteiger partial charge on any atom is -0.494 e. The van der Waals surface area contributed by atoms with Gasteiger partial charge in [0.1, 0.15) is 17.1 Å². The number of benzene rings is 2. The molecule has 0 saturated heterocycles. The molecule has 1 atom stereocenters. The molecule has 0 unspecified atom stereocenters. The van der Waals surface area contributed by atoms with Crippen molar-refractivity contribution in [3.05, 3.63) is 75.1 Å². The van der Waals surface area contributed by atoms with E-state index in [2.05, 4.69) is 4.98 Å². The number of hydrogen-bond acceptors (Lipinski definition) is 6. The Bertz CT molecular complexity index is 1180. The van der Waals surface area contributed by atoms with E-state index >= 15 is 0 Å². The first-order valence-electron chi connectivity index (χ1n) is 9.27. The first kappa shape index (κ1) is 27.0. The molecule has 2 N–H and O–H groups in total. The lowest BCUT2D eigenvalue weighted by Crippen LogP contribution is -2.22. The van der Waals surface area contributed by atoms with Crippen molar-refractivity contribution in [2.75, 3.05) is 7.11 Å². The molecule has 180 valence electrons. The molecule has 0 fully saturated rings. The quantitative estimate of drug-likeness (QED) is 0.369. The van der Waals surface area contributed by atoms with Crippen molar-refractivity contribution in [2.45, 2.75) is 13.0 Å². The van der Waals surface area contributed by atoms with Crippen LogP contribution in [0.15, 0.2) is 48.7 Å². The molecule has 0 aliphatic heterocycles. The molecule has 0 aliphatic carbocycles. The van der Waals surface area contributed by atoms with Gasteiger partial charge in [0.2, 0.25) is 0 Å². The molecule has 12 heteroatoms. The topological polar surface area (TPSA) is 115 Å². The summed E-state index contributed by atoms with van der Waals surface area (Å²) < 4.78 is 28.7. The van der Waals surface area contributed by atoms with Crippen molar-refractivity contribution in [3.63, 3.8) is 0 Å². The van der Waals surface area contributed by atoms with Crippen LogP contribution in [0.3, 0.4) is 0 Å². The number of pyridine rings is 1. The van der Waals surface area contributed by atoms with Gasteiger partial charge in [0, 0.05) is 6.20 Å². The molecule has 2 aromatic carbocycles. The Hall–Kier alpha value is -3.27. The zero-order valence-electron chi connectivity index (χ0n) is 17.6. The molecule has 34 heavy (non-hydrogen) atoms. The van der Waals surface area contributed by atoms with E-state index < -0.39 is 23.9 Å². The van der Waals surface area contributed by atoms with Gasteiger partial charge in [-0.1, -0.05) is 34.8 Å². The first-order valence-corrected chi connectivity index (χ1v) is 10.4. The van der Waals surface area contributed by atoms with Crippen molar-refractivity contribution < 1.29 is 38.4 Å². The summed E-state index contributed by atoms with van der Waals surface area (Å²) in [5.41, 5.74) is -0.114. The Morgan fingerprint density at radius 2 is 1.59 bits per heavy atom. The molecule has 0 bridgehead atoms. The molecule has 0 aliphatic rings. The molecule has 0 spiro atoms. The van der Waals surface area contributed by atoms with Crippen LogP contribution in [-0.2, 0) is 4.79 Å². The van der Waals surface area contributed by atoms with Crippen molar-refractivity contribution >= 4 is 46.7 Å². The average molecular weight is 533 g/mol. The number of halogens is 4. The van der Waals surface area contributed by atoms with Gasteiger partial charge in [-0.3, -0.25) is 0 Å². The summed E-state index contributed by atoms with van der Waals surface area (Å²) in [6.45, 7) is 1.42. The predicted molar refractivity (Wildman–Crippen MR) is 123 cm³/mol. The van der Waals surface area contributed by atoms with Crippen LogP contribution in [0.1, 0.15) is 17.3 Å². The second kappa shape index (κ2) is 12.3. The third-order valence-corrected chi connectivity index (χ3v) is 4.77. The number of carbonyl (C=O) groups is 2. The smallest absolute Gasteiger partial charge is 0.344 e. The van der Waals surface area contributed by atoms with Crippen LogP contribution in [0.25, 0.3) is 0 Å². The number of methoxy groups -OCH3 is 1. The van der Waals surface area contributed by atoms with Crippen molar-refractivity contribution in [1.29, 1.82) is 0 Å². The van der Waals surface area contributed by atoms with E-state index in [0.29, 0.717) is 11.5 Å². The van der Waals surface area contributed by atoms with Gasteiger partial charge in [0.05, 0.1) is 22.2 Å². The largest absolute Gasteiger partial charge is 0.494 e. The molecular weight excluding hydrogens is 516 g/mol. The van der Waals surface area contributed by atoms with Crippen molar-refractivity contribution in [1.82, 2.24) is 4.98 Å². The van der Waals surface area contributed by atoms with Crippen LogP contribution in [0.2, 0.25) is 15.1 Å². The van der Waals surface area contributed by atoms with Crippen molar-refractivity contribution in [2.24, 2.45) is 0 Å². The second-order valence-electron chi connectivity index (χ2n) is 6.35. The number of hydrogen-bond donors (Lipinski definition) is 2. The summed E-state index contributed by atoms with van der Waals surface area (Å²) in [7, 11) is 1.34. The summed E-state index contributed by atoms with van der Waals surface area (Å²) in [4.78, 5) is 25.1. The molecule has 3 aromatic rings. The lowest BCUT2D eigenvalue weighted by molar-refractivity contribution is -0.144. The van der Waals surface area contributed by atoms with Gasteiger partial charge >= 0.3 is 11.9 Å². The number of ether oxygens (including phenoxy) is 3. The van der Waals surface area contributed by atoms with Gasteiger partial charge in [-0.05, 0) is 49.4 Å². The minimum atomic E-state index is -1.16. The van der Waals surface area contributed by atoms with E-state index in [4.69, 9.17) is 59.2 Å². The van der Waals surface area contributed by atoms with Crippen molar-refractivity contribution in [3.8, 4) is 23.1 Å². The highest BCUT2D eigenvalue weighted by atomic mass is 35.5. The van der Waals surface area contributed by atoms with Gasteiger partial charge in [0.25, 0.3) is 5.88 Å². The number of aliphatic carboxylic acids is 1. The van der Waals surface area contributed by atoms with E-state index in [-0.39, 0.29) is 32.3 Å². The fraction of sp³-hybridized carbons (Fsp3) is 0.136. The maximum atomic E-state index is 13.5. The van der Waals surface area contributed by atoms with Crippen LogP contribution in [0, 0.1) is 5.82 Å². The van der Waals surface area contributed by atoms with E-state index in [9.17, 15) is 14.0 Å². The van der Waals surface area contributed by atoms with Crippen LogP contribution in [0.4, 0.5) is 4.39 Å². The fourth-order valence-electron chi connectivity index (χ4n) is 2.36. The lowest BCUT2D eigenvalue weighted by atomic mass is 10.2. The van der Waals surface area contributed by atoms with Gasteiger partial charge in [-0.15, -0.1) is 0 Å². The Kier molecular flexibility index (Phi) is 9.73. The third-order valence-electron chi connectivity index (χ3n) is 3.95. The zero-order valence-corrected chi connectivity index (χ0v) is 19.9. The monoisotopic (exact) mass is 531 g/mol. The van der Waals surface area contributed by atoms with Crippen LogP contribution in [-0.4, -0.2) is 40.3 Å². The van der Waals surface area contributed by atoms with Crippen LogP contribution < -0.4 is 14.2 Å². The number of carboxylic acids is 2. The highest BCUT2D eigenvalue weighted by Crippen LogP contribution is 2.33. The zero-order chi connectivity index (χ0) is 25.4. The Labute approximate surface area is 208 Å². The third kappa shape index (κ3) is 7.38. The molecule has 0 saturated carbocycles. The van der Waals surface area contributed by atoms with Crippen LogP contribution >= 0.6 is 34.8 Å². The second-order valence-corrected chi connectivity index (χ2v) is 7.61. The van der Waals surface area contributed by atoms with Gasteiger partial charge < -0.3 is 24.4 Å². The molecule has 1 aromatic heterocycles. The molecular formula is C22H17Cl3FNO7. The number of nitrogens with zero attached hydrogens (tertiary/aromatic N) is 1. The maximum Gasteiger partial charge on any atom is 0.344 e. The van der Waals surface area contributed by atoms with Gasteiger partial charge in [0.15, 0.2) is 17.7 Å². The van der Waals surface area contributed by atoms with E-state index in [1.54, 1.807) is 0 Å². The van der Waals surface area contributed by atoms with E-state index in [1.165, 1.54) is 56.6 Å². The molecule has 1 heterocycles. The SMILES string of the molecule is COc1c(Cl)ccc(Cl)c1C(=O)O.C[C@@H](Oc1ccc(Oc2ncc(Cl)cc2F)cc1)C(=O)O. The molecule has 8 nitrogen and oxygen atoms in total. The Morgan fingerprint density at radius 3 is 2.09 bits per heavy atom. The maximum absolute atomic E-state index is 13.5. The summed E-state index contributed by atoms with van der Waals surface area (Å²) in [5, 5.41) is 18.0. The summed E-state index contributed by atoms with van der Waals surface area (Å²) in [6, 6.07) is 10.0. The minimum absolute atomic E-state index is 0.0849. The molecule has 3 rings (SSSR count). The highest BCUT2D eigenvalue weighted by molar-refractivity contribution is 6.37. The number of rotatable bonds is 7. The number of aromatic carboxylic acids is 1. The van der Waals surface area contributed by atoms with Crippen LogP contribution in [0.5, 0.6) is 23.1 Å². The first-order chi connectivity index (χ1) is 16.0. The number of carboxylic acid groups (broad SMARTS) is 2. The highest BCUT2D eigenvalue weighted by Gasteiger charge is 2.18. The lowest BCUT2D eigenvalue weighted by Gasteiger charge is -2.11. The van der Waals surface area contributed by atoms with Gasteiger partial charge in [-0.2, -0.15) is 0 Å². The van der Waals surface area contributed by atoms with E-state index in [1.807, 2.05) is 0 Å². The van der Waals surface area contributed by atoms with Gasteiger partial charge in [-0.25, -0.2) is 19.0 Å². The standard InChI is InChI=1S/C14H11ClFNO4.C8H6Cl2O3/c1-8(14(18)19)20-10-2-4-11(5-3-10)21-13-12(16)6-9(15)7-17-13;1-13-7-5(10)3-2-4(9)6(7)8(11)12/h2-8H,1H3,(H,18,19);2-3H,1H3,(H,11,12)/t8-;/m1./s1. The predicted octanol–water partition coefficient (Wildman–Crippen LogP) is 6.22. The summed E-state index contributed by atoms with van der Waals surface area (Å²) in [5.74, 6) is -2.33. The fourth-order valence-corrected chi connectivity index (χ4v) is 2.97. The van der Waals surface area contributed by atoms with E-state index in [0.717, 1.165) is 6.07 Å². The summed E-state index contributed by atoms with van der Waals surface area (Å²) >= 11 is 16.9. The summed E-state index contributed by atoms with van der Waals surface area (Å²) in [6.07, 6.45) is 0.304. The number of aromatic nitrogens is 1. The Morgan fingerprint density at radius 1 is 1.00 bits per heavy atom. The Balaban J connectivity index is 0.000000270. The average Bonchev–Trinajstić information content (AvgIpc) is 2.78. The molecule has 0 amide bonds. The molecule has 0 radical (unpaired) electrons. The normalized spacial score (nSPS) is 11.0.